The summed E-state index contributed by atoms with van der Waals surface area (Å²) in [4.78, 5) is 16.7. The minimum atomic E-state index is 0.0921. The first kappa shape index (κ1) is 13.0. The number of Topliss-reactive ketones (excluding diaryl/α,β-unsaturated/α-hetero) is 1. The fourth-order valence-electron chi connectivity index (χ4n) is 2.17. The standard InChI is InChI=1S/C17H15NOS/c1-11-7-8-13(9-12(11)2)10-15(19)17-18-14-5-3-4-6-16(14)20-17/h3-9H,10H2,1-2H3. The minimum absolute atomic E-state index is 0.0921. The van der Waals surface area contributed by atoms with Crippen LogP contribution in [-0.2, 0) is 6.42 Å². The number of rotatable bonds is 3. The van der Waals surface area contributed by atoms with Crippen LogP contribution in [0.5, 0.6) is 0 Å². The molecule has 2 aromatic carbocycles. The predicted molar refractivity (Wildman–Crippen MR) is 83.6 cm³/mol. The molecule has 1 heterocycles. The number of ketones is 1. The maximum atomic E-state index is 12.3. The van der Waals surface area contributed by atoms with E-state index in [0.29, 0.717) is 11.4 Å². The van der Waals surface area contributed by atoms with Gasteiger partial charge in [0.15, 0.2) is 10.8 Å². The summed E-state index contributed by atoms with van der Waals surface area (Å²) in [6, 6.07) is 14.0. The molecule has 0 amide bonds. The molecule has 0 saturated carbocycles. The molecule has 3 heteroatoms. The molecule has 0 fully saturated rings. The lowest BCUT2D eigenvalue weighted by atomic mass is 10.0. The van der Waals surface area contributed by atoms with Gasteiger partial charge in [0, 0.05) is 6.42 Å². The first-order valence-corrected chi connectivity index (χ1v) is 7.40. The predicted octanol–water partition coefficient (Wildman–Crippen LogP) is 4.34. The molecular weight excluding hydrogens is 266 g/mol. The largest absolute Gasteiger partial charge is 0.291 e. The van der Waals surface area contributed by atoms with Crippen LogP contribution < -0.4 is 0 Å². The summed E-state index contributed by atoms with van der Waals surface area (Å²) >= 11 is 1.47. The fraction of sp³-hybridized carbons (Fsp3) is 0.176. The number of benzene rings is 2. The second kappa shape index (κ2) is 5.17. The molecule has 100 valence electrons. The third-order valence-electron chi connectivity index (χ3n) is 3.47. The Kier molecular flexibility index (Phi) is 3.36. The average molecular weight is 281 g/mol. The van der Waals surface area contributed by atoms with E-state index >= 15 is 0 Å². The van der Waals surface area contributed by atoms with Crippen molar-refractivity contribution in [2.24, 2.45) is 0 Å². The Morgan fingerprint density at radius 3 is 2.65 bits per heavy atom. The summed E-state index contributed by atoms with van der Waals surface area (Å²) in [6.07, 6.45) is 0.418. The van der Waals surface area contributed by atoms with Crippen molar-refractivity contribution in [2.45, 2.75) is 20.3 Å². The lowest BCUT2D eigenvalue weighted by Crippen LogP contribution is -2.03. The van der Waals surface area contributed by atoms with Crippen LogP contribution in [-0.4, -0.2) is 10.8 Å². The summed E-state index contributed by atoms with van der Waals surface area (Å²) in [5, 5.41) is 0.601. The van der Waals surface area contributed by atoms with Crippen LogP contribution in [0.3, 0.4) is 0 Å². The highest BCUT2D eigenvalue weighted by Crippen LogP contribution is 2.23. The van der Waals surface area contributed by atoms with E-state index in [0.717, 1.165) is 15.8 Å². The average Bonchev–Trinajstić information content (AvgIpc) is 2.87. The van der Waals surface area contributed by atoms with Crippen LogP contribution in [0.25, 0.3) is 10.2 Å². The smallest absolute Gasteiger partial charge is 0.195 e. The first-order valence-electron chi connectivity index (χ1n) is 6.58. The van der Waals surface area contributed by atoms with Gasteiger partial charge in [-0.1, -0.05) is 30.3 Å². The van der Waals surface area contributed by atoms with Gasteiger partial charge in [-0.2, -0.15) is 0 Å². The zero-order valence-corrected chi connectivity index (χ0v) is 12.3. The van der Waals surface area contributed by atoms with Gasteiger partial charge in [-0.15, -0.1) is 11.3 Å². The van der Waals surface area contributed by atoms with E-state index in [2.05, 4.69) is 31.0 Å². The van der Waals surface area contributed by atoms with Gasteiger partial charge in [0.1, 0.15) is 0 Å². The van der Waals surface area contributed by atoms with Crippen LogP contribution >= 0.6 is 11.3 Å². The van der Waals surface area contributed by atoms with Gasteiger partial charge in [-0.05, 0) is 42.7 Å². The zero-order valence-electron chi connectivity index (χ0n) is 11.5. The molecule has 1 aromatic heterocycles. The highest BCUT2D eigenvalue weighted by Gasteiger charge is 2.13. The number of para-hydroxylation sites is 1. The molecule has 0 aliphatic rings. The number of nitrogens with zero attached hydrogens (tertiary/aromatic N) is 1. The Labute approximate surface area is 122 Å². The lowest BCUT2D eigenvalue weighted by molar-refractivity contribution is 0.0993. The van der Waals surface area contributed by atoms with Gasteiger partial charge in [-0.3, -0.25) is 4.79 Å². The fourth-order valence-corrected chi connectivity index (χ4v) is 3.07. The third-order valence-corrected chi connectivity index (χ3v) is 4.55. The Balaban J connectivity index is 1.86. The van der Waals surface area contributed by atoms with Crippen LogP contribution in [0.15, 0.2) is 42.5 Å². The molecule has 0 radical (unpaired) electrons. The number of carbonyl (C=O) groups is 1. The highest BCUT2D eigenvalue weighted by atomic mass is 32.1. The number of aromatic nitrogens is 1. The van der Waals surface area contributed by atoms with Gasteiger partial charge in [-0.25, -0.2) is 4.98 Å². The Hall–Kier alpha value is -2.00. The maximum absolute atomic E-state index is 12.3. The molecule has 0 saturated heterocycles. The van der Waals surface area contributed by atoms with Crippen molar-refractivity contribution in [3.8, 4) is 0 Å². The van der Waals surface area contributed by atoms with Crippen LogP contribution in [0, 0.1) is 13.8 Å². The normalized spacial score (nSPS) is 10.9. The highest BCUT2D eigenvalue weighted by molar-refractivity contribution is 7.20. The van der Waals surface area contributed by atoms with E-state index in [1.54, 1.807) is 0 Å². The second-order valence-electron chi connectivity index (χ2n) is 5.01. The van der Waals surface area contributed by atoms with Crippen molar-refractivity contribution in [3.05, 3.63) is 64.2 Å². The van der Waals surface area contributed by atoms with Gasteiger partial charge in [0.05, 0.1) is 10.2 Å². The number of aryl methyl sites for hydroxylation is 2. The number of hydrogen-bond acceptors (Lipinski definition) is 3. The molecule has 0 atom stereocenters. The molecule has 0 aliphatic carbocycles. The van der Waals surface area contributed by atoms with Gasteiger partial charge in [0.25, 0.3) is 0 Å². The summed E-state index contributed by atoms with van der Waals surface area (Å²) in [6.45, 7) is 4.15. The molecule has 3 aromatic rings. The summed E-state index contributed by atoms with van der Waals surface area (Å²) in [5.41, 5.74) is 4.43. The number of hydrogen-bond donors (Lipinski definition) is 0. The van der Waals surface area contributed by atoms with Crippen molar-refractivity contribution < 1.29 is 4.79 Å². The Bertz CT molecular complexity index is 756. The van der Waals surface area contributed by atoms with Gasteiger partial charge < -0.3 is 0 Å². The van der Waals surface area contributed by atoms with Crippen molar-refractivity contribution in [2.75, 3.05) is 0 Å². The zero-order chi connectivity index (χ0) is 14.1. The summed E-state index contributed by atoms with van der Waals surface area (Å²) in [5.74, 6) is 0.0921. The molecule has 0 N–H and O–H groups in total. The Morgan fingerprint density at radius 2 is 1.90 bits per heavy atom. The second-order valence-corrected chi connectivity index (χ2v) is 6.04. The topological polar surface area (TPSA) is 30.0 Å². The number of carbonyl (C=O) groups excluding carboxylic acids is 1. The quantitative estimate of drug-likeness (QED) is 0.668. The van der Waals surface area contributed by atoms with E-state index < -0.39 is 0 Å². The maximum Gasteiger partial charge on any atom is 0.195 e. The molecule has 2 nitrogen and oxygen atoms in total. The van der Waals surface area contributed by atoms with Gasteiger partial charge in [0.2, 0.25) is 0 Å². The van der Waals surface area contributed by atoms with E-state index in [4.69, 9.17) is 0 Å². The molecule has 0 spiro atoms. The van der Waals surface area contributed by atoms with E-state index in [1.165, 1.54) is 22.5 Å². The monoisotopic (exact) mass is 281 g/mol. The molecule has 0 bridgehead atoms. The van der Waals surface area contributed by atoms with Crippen molar-refractivity contribution >= 4 is 27.3 Å². The number of fused-ring (bicyclic) bond motifs is 1. The molecule has 3 rings (SSSR count). The van der Waals surface area contributed by atoms with Crippen LogP contribution in [0.2, 0.25) is 0 Å². The third kappa shape index (κ3) is 2.49. The van der Waals surface area contributed by atoms with E-state index in [1.807, 2.05) is 30.3 Å². The summed E-state index contributed by atoms with van der Waals surface area (Å²) in [7, 11) is 0. The molecule has 0 aliphatic heterocycles. The number of thiazole rings is 1. The minimum Gasteiger partial charge on any atom is -0.291 e. The van der Waals surface area contributed by atoms with E-state index in [9.17, 15) is 4.79 Å². The van der Waals surface area contributed by atoms with Crippen LogP contribution in [0.4, 0.5) is 0 Å². The Morgan fingerprint density at radius 1 is 1.10 bits per heavy atom. The molecular formula is C17H15NOS. The van der Waals surface area contributed by atoms with Gasteiger partial charge >= 0.3 is 0 Å². The summed E-state index contributed by atoms with van der Waals surface area (Å²) < 4.78 is 1.07. The lowest BCUT2D eigenvalue weighted by Gasteiger charge is -2.03. The first-order chi connectivity index (χ1) is 9.63. The SMILES string of the molecule is Cc1ccc(CC(=O)c2nc3ccccc3s2)cc1C. The van der Waals surface area contributed by atoms with Crippen molar-refractivity contribution in [1.29, 1.82) is 0 Å². The molecule has 0 unspecified atom stereocenters. The van der Waals surface area contributed by atoms with Crippen molar-refractivity contribution in [3.63, 3.8) is 0 Å². The van der Waals surface area contributed by atoms with Crippen LogP contribution in [0.1, 0.15) is 26.5 Å². The van der Waals surface area contributed by atoms with E-state index in [-0.39, 0.29) is 5.78 Å². The molecule has 20 heavy (non-hydrogen) atoms. The van der Waals surface area contributed by atoms with Crippen molar-refractivity contribution in [1.82, 2.24) is 4.98 Å².